The largest absolute Gasteiger partial charge is 0.340 e. The van der Waals surface area contributed by atoms with E-state index in [1.807, 2.05) is 42.3 Å². The zero-order valence-electron chi connectivity index (χ0n) is 15.4. The Hall–Kier alpha value is -2.80. The summed E-state index contributed by atoms with van der Waals surface area (Å²) in [6.45, 7) is 2.24. The van der Waals surface area contributed by atoms with Gasteiger partial charge in [0.1, 0.15) is 0 Å². The lowest BCUT2D eigenvalue weighted by Gasteiger charge is -2.46. The Kier molecular flexibility index (Phi) is 4.61. The first-order valence-corrected chi connectivity index (χ1v) is 9.17. The molecule has 7 nitrogen and oxygen atoms in total. The van der Waals surface area contributed by atoms with Crippen molar-refractivity contribution in [1.29, 1.82) is 0 Å². The van der Waals surface area contributed by atoms with Gasteiger partial charge >= 0.3 is 0 Å². The molecule has 2 amide bonds. The molecule has 2 fully saturated rings. The van der Waals surface area contributed by atoms with Crippen molar-refractivity contribution in [2.75, 3.05) is 38.1 Å². The molecular formula is C20H23N5O2. The smallest absolute Gasteiger partial charge is 0.241 e. The van der Waals surface area contributed by atoms with E-state index in [0.29, 0.717) is 32.6 Å². The van der Waals surface area contributed by atoms with E-state index in [-0.39, 0.29) is 17.4 Å². The summed E-state index contributed by atoms with van der Waals surface area (Å²) < 4.78 is 0. The van der Waals surface area contributed by atoms with E-state index >= 15 is 0 Å². The maximum Gasteiger partial charge on any atom is 0.241 e. The Bertz CT molecular complexity index is 829. The van der Waals surface area contributed by atoms with Crippen LogP contribution in [0.5, 0.6) is 0 Å². The van der Waals surface area contributed by atoms with Gasteiger partial charge in [0.15, 0.2) is 0 Å². The highest BCUT2D eigenvalue weighted by Gasteiger charge is 2.48. The van der Waals surface area contributed by atoms with Gasteiger partial charge in [-0.25, -0.2) is 0 Å². The molecule has 0 bridgehead atoms. The third kappa shape index (κ3) is 3.42. The molecule has 0 unspecified atom stereocenters. The summed E-state index contributed by atoms with van der Waals surface area (Å²) in [7, 11) is 1.98. The van der Waals surface area contributed by atoms with E-state index < -0.39 is 0 Å². The molecule has 0 N–H and O–H groups in total. The number of carbonyl (C=O) groups excluding carboxylic acids is 2. The quantitative estimate of drug-likeness (QED) is 0.811. The summed E-state index contributed by atoms with van der Waals surface area (Å²) in [5.41, 5.74) is 1.38. The van der Waals surface area contributed by atoms with Gasteiger partial charge in [-0.3, -0.25) is 24.5 Å². The summed E-state index contributed by atoms with van der Waals surface area (Å²) >= 11 is 0. The van der Waals surface area contributed by atoms with E-state index in [1.165, 1.54) is 0 Å². The number of hydrogen-bond donors (Lipinski definition) is 0. The summed E-state index contributed by atoms with van der Waals surface area (Å²) in [4.78, 5) is 39.5. The predicted octanol–water partition coefficient (Wildman–Crippen LogP) is 0.969. The molecule has 2 saturated heterocycles. The number of rotatable bonds is 3. The van der Waals surface area contributed by atoms with Crippen LogP contribution in [0.2, 0.25) is 0 Å². The zero-order chi connectivity index (χ0) is 18.9. The highest BCUT2D eigenvalue weighted by Crippen LogP contribution is 2.33. The number of likely N-dealkylation sites (N-methyl/N-ethyl adjacent to an activating group) is 1. The normalized spacial score (nSPS) is 23.2. The van der Waals surface area contributed by atoms with Crippen molar-refractivity contribution >= 4 is 17.5 Å². The zero-order valence-corrected chi connectivity index (χ0v) is 15.4. The molecule has 0 radical (unpaired) electrons. The lowest BCUT2D eigenvalue weighted by Crippen LogP contribution is -2.64. The van der Waals surface area contributed by atoms with Gasteiger partial charge in [0, 0.05) is 37.7 Å². The van der Waals surface area contributed by atoms with Crippen molar-refractivity contribution in [3.8, 4) is 0 Å². The monoisotopic (exact) mass is 365 g/mol. The topological polar surface area (TPSA) is 69.6 Å². The second-order valence-corrected chi connectivity index (χ2v) is 7.33. The Morgan fingerprint density at radius 2 is 2.07 bits per heavy atom. The molecule has 2 aliphatic rings. The molecular weight excluding hydrogens is 342 g/mol. The van der Waals surface area contributed by atoms with Gasteiger partial charge in [0.25, 0.3) is 0 Å². The summed E-state index contributed by atoms with van der Waals surface area (Å²) in [5, 5.41) is 0. The van der Waals surface area contributed by atoms with Crippen molar-refractivity contribution in [2.24, 2.45) is 0 Å². The van der Waals surface area contributed by atoms with Crippen LogP contribution in [0.3, 0.4) is 0 Å². The molecule has 4 heterocycles. The van der Waals surface area contributed by atoms with Gasteiger partial charge in [-0.2, -0.15) is 0 Å². The molecule has 4 rings (SSSR count). The molecule has 1 spiro atoms. The summed E-state index contributed by atoms with van der Waals surface area (Å²) in [5.74, 6) is 0.151. The average Bonchev–Trinajstić information content (AvgIpc) is 3.12. The number of carbonyl (C=O) groups is 2. The minimum absolute atomic E-state index is 0.0642. The second-order valence-electron chi connectivity index (χ2n) is 7.33. The number of anilines is 1. The van der Waals surface area contributed by atoms with E-state index in [0.717, 1.165) is 17.8 Å². The Labute approximate surface area is 158 Å². The van der Waals surface area contributed by atoms with E-state index in [2.05, 4.69) is 14.9 Å². The number of amides is 2. The molecule has 2 aromatic rings. The molecule has 27 heavy (non-hydrogen) atoms. The molecule has 2 aliphatic heterocycles. The maximum atomic E-state index is 12.7. The first-order chi connectivity index (χ1) is 13.1. The highest BCUT2D eigenvalue weighted by atomic mass is 16.2. The molecule has 0 aliphatic carbocycles. The van der Waals surface area contributed by atoms with Crippen LogP contribution in [0.4, 0.5) is 5.69 Å². The first-order valence-electron chi connectivity index (χ1n) is 9.17. The van der Waals surface area contributed by atoms with Crippen molar-refractivity contribution in [3.05, 3.63) is 54.6 Å². The summed E-state index contributed by atoms with van der Waals surface area (Å²) in [6.07, 6.45) is 6.29. The number of nitrogens with zero attached hydrogens (tertiary/aromatic N) is 5. The lowest BCUT2D eigenvalue weighted by atomic mass is 9.92. The molecule has 2 aromatic heterocycles. The van der Waals surface area contributed by atoms with Gasteiger partial charge in [-0.1, -0.05) is 6.07 Å². The van der Waals surface area contributed by atoms with Crippen LogP contribution < -0.4 is 4.90 Å². The van der Waals surface area contributed by atoms with Crippen LogP contribution in [0.25, 0.3) is 0 Å². The Balaban J connectivity index is 1.49. The fourth-order valence-electron chi connectivity index (χ4n) is 3.99. The lowest BCUT2D eigenvalue weighted by molar-refractivity contribution is -0.130. The Morgan fingerprint density at radius 3 is 2.81 bits per heavy atom. The standard InChI is InChI=1S/C20H23N5O2/c1-23-13-19(27)25(17-6-4-8-21-12-17)15-20(23)7-10-24(14-20)18(26)11-16-5-2-3-9-22-16/h2-6,8-9,12H,7,10-11,13-15H2,1H3/t20-/m1/s1. The van der Waals surface area contributed by atoms with Crippen LogP contribution in [-0.2, 0) is 16.0 Å². The van der Waals surface area contributed by atoms with Crippen molar-refractivity contribution in [2.45, 2.75) is 18.4 Å². The maximum absolute atomic E-state index is 12.7. The Morgan fingerprint density at radius 1 is 1.19 bits per heavy atom. The van der Waals surface area contributed by atoms with Crippen molar-refractivity contribution in [1.82, 2.24) is 19.8 Å². The molecule has 0 aromatic carbocycles. The second kappa shape index (κ2) is 7.08. The van der Waals surface area contributed by atoms with Crippen LogP contribution in [0.15, 0.2) is 48.9 Å². The SMILES string of the molecule is CN1CC(=O)N(c2cccnc2)C[C@]12CCN(C(=O)Cc1ccccn1)C2. The molecule has 1 atom stereocenters. The van der Waals surface area contributed by atoms with Gasteiger partial charge in [-0.05, 0) is 37.7 Å². The van der Waals surface area contributed by atoms with Gasteiger partial charge < -0.3 is 9.80 Å². The predicted molar refractivity (Wildman–Crippen MR) is 101 cm³/mol. The van der Waals surface area contributed by atoms with Crippen molar-refractivity contribution in [3.63, 3.8) is 0 Å². The minimum Gasteiger partial charge on any atom is -0.340 e. The van der Waals surface area contributed by atoms with E-state index in [9.17, 15) is 9.59 Å². The van der Waals surface area contributed by atoms with E-state index in [1.54, 1.807) is 23.5 Å². The molecule has 7 heteroatoms. The van der Waals surface area contributed by atoms with Crippen molar-refractivity contribution < 1.29 is 9.59 Å². The van der Waals surface area contributed by atoms with Gasteiger partial charge in [0.2, 0.25) is 11.8 Å². The van der Waals surface area contributed by atoms with Gasteiger partial charge in [-0.15, -0.1) is 0 Å². The molecule has 0 saturated carbocycles. The number of piperazine rings is 1. The van der Waals surface area contributed by atoms with Crippen LogP contribution >= 0.6 is 0 Å². The third-order valence-corrected chi connectivity index (χ3v) is 5.64. The minimum atomic E-state index is -0.219. The number of pyridine rings is 2. The molecule has 140 valence electrons. The van der Waals surface area contributed by atoms with Crippen LogP contribution in [-0.4, -0.2) is 70.3 Å². The van der Waals surface area contributed by atoms with Crippen LogP contribution in [0.1, 0.15) is 12.1 Å². The van der Waals surface area contributed by atoms with Gasteiger partial charge in [0.05, 0.1) is 30.4 Å². The average molecular weight is 365 g/mol. The highest BCUT2D eigenvalue weighted by molar-refractivity contribution is 5.96. The summed E-state index contributed by atoms with van der Waals surface area (Å²) in [6, 6.07) is 9.36. The van der Waals surface area contributed by atoms with Crippen LogP contribution in [0, 0.1) is 0 Å². The number of aromatic nitrogens is 2. The number of likely N-dealkylation sites (tertiary alicyclic amines) is 1. The fourth-order valence-corrected chi connectivity index (χ4v) is 3.99. The third-order valence-electron chi connectivity index (χ3n) is 5.64. The fraction of sp³-hybridized carbons (Fsp3) is 0.400. The number of hydrogen-bond acceptors (Lipinski definition) is 5. The first kappa shape index (κ1) is 17.6. The van der Waals surface area contributed by atoms with E-state index in [4.69, 9.17) is 0 Å².